The monoisotopic (exact) mass is 304 g/mol. The van der Waals surface area contributed by atoms with E-state index in [1.807, 2.05) is 24.3 Å². The van der Waals surface area contributed by atoms with Gasteiger partial charge in [-0.2, -0.15) is 0 Å². The van der Waals surface area contributed by atoms with Crippen molar-refractivity contribution in [3.63, 3.8) is 0 Å². The molecule has 0 heterocycles. The summed E-state index contributed by atoms with van der Waals surface area (Å²) in [6.07, 6.45) is 0.253. The van der Waals surface area contributed by atoms with Crippen LogP contribution in [-0.4, -0.2) is 30.9 Å². The quantitative estimate of drug-likeness (QED) is 0.515. The number of hydrogen-bond donors (Lipinski definition) is 3. The Morgan fingerprint density at radius 1 is 1.09 bits per heavy atom. The highest BCUT2D eigenvalue weighted by molar-refractivity contribution is 5.39. The molecule has 1 atom stereocenters. The predicted octanol–water partition coefficient (Wildman–Crippen LogP) is 1.98. The van der Waals surface area contributed by atoms with E-state index in [1.165, 1.54) is 29.8 Å². The molecule has 0 fully saturated rings. The summed E-state index contributed by atoms with van der Waals surface area (Å²) < 4.78 is 18.1. The van der Waals surface area contributed by atoms with Gasteiger partial charge in [-0.3, -0.25) is 0 Å². The number of hydrogen-bond acceptors (Lipinski definition) is 4. The Bertz CT molecular complexity index is 558. The van der Waals surface area contributed by atoms with E-state index in [9.17, 15) is 9.50 Å². The van der Waals surface area contributed by atoms with Crippen molar-refractivity contribution in [2.24, 2.45) is 0 Å². The first-order chi connectivity index (χ1) is 10.6. The van der Waals surface area contributed by atoms with Crippen LogP contribution < -0.4 is 15.8 Å². The number of aliphatic hydroxyl groups is 1. The van der Waals surface area contributed by atoms with E-state index in [-0.39, 0.29) is 12.4 Å². The summed E-state index contributed by atoms with van der Waals surface area (Å²) in [5, 5.41) is 13.0. The third-order valence-electron chi connectivity index (χ3n) is 3.21. The fraction of sp³-hybridized carbons (Fsp3) is 0.294. The molecule has 0 amide bonds. The zero-order valence-corrected chi connectivity index (χ0v) is 12.3. The first-order valence-electron chi connectivity index (χ1n) is 7.25. The van der Waals surface area contributed by atoms with Crippen LogP contribution in [0.4, 0.5) is 10.1 Å². The van der Waals surface area contributed by atoms with Gasteiger partial charge in [0.1, 0.15) is 24.3 Å². The van der Waals surface area contributed by atoms with Crippen LogP contribution in [0.2, 0.25) is 0 Å². The minimum Gasteiger partial charge on any atom is -0.491 e. The standard InChI is InChI=1S/C17H21FN2O2/c18-14-3-7-17(8-4-14)22-12-16(21)11-20-10-9-13-1-5-15(19)6-2-13/h1-8,16,20-21H,9-12,19H2. The van der Waals surface area contributed by atoms with Crippen LogP contribution in [0.25, 0.3) is 0 Å². The highest BCUT2D eigenvalue weighted by Gasteiger charge is 2.05. The van der Waals surface area contributed by atoms with E-state index in [0.717, 1.165) is 18.7 Å². The zero-order valence-electron chi connectivity index (χ0n) is 12.3. The predicted molar refractivity (Wildman–Crippen MR) is 85.3 cm³/mol. The molecule has 0 saturated heterocycles. The zero-order chi connectivity index (χ0) is 15.8. The summed E-state index contributed by atoms with van der Waals surface area (Å²) in [7, 11) is 0. The third kappa shape index (κ3) is 5.71. The lowest BCUT2D eigenvalue weighted by atomic mass is 10.1. The fourth-order valence-electron chi connectivity index (χ4n) is 1.97. The number of halogens is 1. The van der Waals surface area contributed by atoms with Crippen LogP contribution >= 0.6 is 0 Å². The minimum absolute atomic E-state index is 0.167. The maximum atomic E-state index is 12.7. The molecule has 0 aromatic heterocycles. The normalized spacial score (nSPS) is 12.1. The highest BCUT2D eigenvalue weighted by Crippen LogP contribution is 2.11. The molecule has 0 radical (unpaired) electrons. The lowest BCUT2D eigenvalue weighted by Gasteiger charge is -2.13. The molecule has 2 aromatic carbocycles. The highest BCUT2D eigenvalue weighted by atomic mass is 19.1. The molecule has 0 spiro atoms. The molecule has 0 aliphatic heterocycles. The van der Waals surface area contributed by atoms with Gasteiger partial charge in [0.25, 0.3) is 0 Å². The first kappa shape index (κ1) is 16.3. The fourth-order valence-corrected chi connectivity index (χ4v) is 1.97. The number of ether oxygens (including phenoxy) is 1. The average Bonchev–Trinajstić information content (AvgIpc) is 2.53. The Morgan fingerprint density at radius 2 is 1.77 bits per heavy atom. The van der Waals surface area contributed by atoms with Crippen LogP contribution in [0, 0.1) is 5.82 Å². The summed E-state index contributed by atoms with van der Waals surface area (Å²) in [5.41, 5.74) is 7.58. The molecule has 1 unspecified atom stereocenters. The van der Waals surface area contributed by atoms with E-state index < -0.39 is 6.10 Å². The molecule has 4 N–H and O–H groups in total. The molecule has 0 saturated carbocycles. The van der Waals surface area contributed by atoms with Gasteiger partial charge < -0.3 is 20.9 Å². The second-order valence-corrected chi connectivity index (χ2v) is 5.11. The Kier molecular flexibility index (Phi) is 6.18. The lowest BCUT2D eigenvalue weighted by Crippen LogP contribution is -2.32. The van der Waals surface area contributed by atoms with E-state index in [0.29, 0.717) is 12.3 Å². The van der Waals surface area contributed by atoms with Crippen LogP contribution in [-0.2, 0) is 6.42 Å². The molecule has 0 bridgehead atoms. The van der Waals surface area contributed by atoms with Crippen molar-refractivity contribution in [2.45, 2.75) is 12.5 Å². The summed E-state index contributed by atoms with van der Waals surface area (Å²) in [6, 6.07) is 13.5. The maximum absolute atomic E-state index is 12.7. The van der Waals surface area contributed by atoms with E-state index in [2.05, 4.69) is 5.32 Å². The third-order valence-corrected chi connectivity index (χ3v) is 3.21. The van der Waals surface area contributed by atoms with Gasteiger partial charge in [-0.25, -0.2) is 4.39 Å². The Hall–Kier alpha value is -2.11. The smallest absolute Gasteiger partial charge is 0.123 e. The van der Waals surface area contributed by atoms with Gasteiger partial charge in [0.15, 0.2) is 0 Å². The van der Waals surface area contributed by atoms with E-state index >= 15 is 0 Å². The van der Waals surface area contributed by atoms with Gasteiger partial charge in [0.05, 0.1) is 0 Å². The van der Waals surface area contributed by atoms with Crippen LogP contribution in [0.5, 0.6) is 5.75 Å². The molecular formula is C17H21FN2O2. The SMILES string of the molecule is Nc1ccc(CCNCC(O)COc2ccc(F)cc2)cc1. The second kappa shape index (κ2) is 8.36. The molecule has 118 valence electrons. The van der Waals surface area contributed by atoms with Crippen molar-refractivity contribution in [1.82, 2.24) is 5.32 Å². The Labute approximate surface area is 129 Å². The van der Waals surface area contributed by atoms with Crippen LogP contribution in [0.1, 0.15) is 5.56 Å². The number of anilines is 1. The van der Waals surface area contributed by atoms with E-state index in [4.69, 9.17) is 10.5 Å². The van der Waals surface area contributed by atoms with Crippen molar-refractivity contribution in [1.29, 1.82) is 0 Å². The van der Waals surface area contributed by atoms with E-state index in [1.54, 1.807) is 0 Å². The van der Waals surface area contributed by atoms with Gasteiger partial charge in [-0.05, 0) is 54.9 Å². The van der Waals surface area contributed by atoms with Gasteiger partial charge in [-0.15, -0.1) is 0 Å². The van der Waals surface area contributed by atoms with Crippen molar-refractivity contribution < 1.29 is 14.2 Å². The number of nitrogens with one attached hydrogen (secondary N) is 1. The molecule has 4 nitrogen and oxygen atoms in total. The summed E-state index contributed by atoms with van der Waals surface area (Å²) >= 11 is 0. The summed E-state index contributed by atoms with van der Waals surface area (Å²) in [6.45, 7) is 1.37. The van der Waals surface area contributed by atoms with Gasteiger partial charge in [0.2, 0.25) is 0 Å². The Balaban J connectivity index is 1.60. The number of rotatable bonds is 8. The average molecular weight is 304 g/mol. The second-order valence-electron chi connectivity index (χ2n) is 5.11. The Morgan fingerprint density at radius 3 is 2.45 bits per heavy atom. The molecule has 22 heavy (non-hydrogen) atoms. The molecule has 2 aromatic rings. The summed E-state index contributed by atoms with van der Waals surface area (Å²) in [4.78, 5) is 0. The van der Waals surface area contributed by atoms with Crippen molar-refractivity contribution in [3.8, 4) is 5.75 Å². The number of nitrogens with two attached hydrogens (primary N) is 1. The van der Waals surface area contributed by atoms with Gasteiger partial charge >= 0.3 is 0 Å². The number of benzene rings is 2. The van der Waals surface area contributed by atoms with Gasteiger partial charge in [0, 0.05) is 12.2 Å². The van der Waals surface area contributed by atoms with Crippen molar-refractivity contribution in [3.05, 3.63) is 59.9 Å². The maximum Gasteiger partial charge on any atom is 0.123 e. The first-order valence-corrected chi connectivity index (χ1v) is 7.25. The molecule has 0 aliphatic carbocycles. The molecule has 0 aliphatic rings. The molecule has 2 rings (SSSR count). The largest absolute Gasteiger partial charge is 0.491 e. The van der Waals surface area contributed by atoms with Gasteiger partial charge in [-0.1, -0.05) is 12.1 Å². The van der Waals surface area contributed by atoms with Crippen LogP contribution in [0.15, 0.2) is 48.5 Å². The molecule has 5 heteroatoms. The summed E-state index contributed by atoms with van der Waals surface area (Å²) in [5.74, 6) is 0.236. The molecular weight excluding hydrogens is 283 g/mol. The minimum atomic E-state index is -0.614. The van der Waals surface area contributed by atoms with Crippen molar-refractivity contribution in [2.75, 3.05) is 25.4 Å². The van der Waals surface area contributed by atoms with Crippen molar-refractivity contribution >= 4 is 5.69 Å². The topological polar surface area (TPSA) is 67.5 Å². The van der Waals surface area contributed by atoms with Crippen LogP contribution in [0.3, 0.4) is 0 Å². The number of aliphatic hydroxyl groups excluding tert-OH is 1. The lowest BCUT2D eigenvalue weighted by molar-refractivity contribution is 0.106. The number of nitrogen functional groups attached to an aromatic ring is 1.